The molecule has 1 unspecified atom stereocenters. The zero-order valence-corrected chi connectivity index (χ0v) is 27.5. The van der Waals surface area contributed by atoms with E-state index < -0.39 is 11.6 Å². The SMILES string of the molecule is CCN(CCCl)CCOc1cc(C)c(OC(=O)C(O)(c2ccccc2)c2cc(OC)c(OC)c(OC)c2)cc1C(C)C.Cl. The predicted octanol–water partition coefficient (Wildman–Crippen LogP) is 6.35. The number of esters is 1. The van der Waals surface area contributed by atoms with E-state index in [0.717, 1.165) is 30.9 Å². The van der Waals surface area contributed by atoms with Gasteiger partial charge in [0.05, 0.1) is 21.3 Å². The summed E-state index contributed by atoms with van der Waals surface area (Å²) in [6.07, 6.45) is 0. The standard InChI is InChI=1S/C33H42ClNO7.ClH/c1-8-35(15-14-34)16-17-41-28-18-23(4)27(21-26(28)22(2)3)42-32(36)33(37,24-12-10-9-11-13-24)25-19-29(38-5)31(40-7)30(20-25)39-6;/h9-13,18-22,37H,8,14-17H2,1-7H3;1H. The van der Waals surface area contributed by atoms with Gasteiger partial charge in [0.1, 0.15) is 18.1 Å². The molecule has 0 radical (unpaired) electrons. The molecule has 1 N–H and O–H groups in total. The van der Waals surface area contributed by atoms with Crippen LogP contribution < -0.4 is 23.7 Å². The van der Waals surface area contributed by atoms with E-state index in [-0.39, 0.29) is 23.9 Å². The van der Waals surface area contributed by atoms with Crippen LogP contribution in [0.4, 0.5) is 0 Å². The van der Waals surface area contributed by atoms with Gasteiger partial charge in [0, 0.05) is 30.1 Å². The number of ether oxygens (including phenoxy) is 5. The summed E-state index contributed by atoms with van der Waals surface area (Å²) in [5, 5.41) is 12.2. The predicted molar refractivity (Wildman–Crippen MR) is 172 cm³/mol. The van der Waals surface area contributed by atoms with Crippen molar-refractivity contribution in [1.82, 2.24) is 4.90 Å². The molecule has 0 heterocycles. The zero-order valence-electron chi connectivity index (χ0n) is 25.9. The summed E-state index contributed by atoms with van der Waals surface area (Å²) >= 11 is 5.91. The Hall–Kier alpha value is -3.17. The van der Waals surface area contributed by atoms with Crippen molar-refractivity contribution in [2.45, 2.75) is 39.2 Å². The van der Waals surface area contributed by atoms with E-state index in [1.165, 1.54) is 21.3 Å². The number of aryl methyl sites for hydroxylation is 1. The number of likely N-dealkylation sites (N-methyl/N-ethyl adjacent to an activating group) is 1. The first kappa shape index (κ1) is 36.0. The first-order chi connectivity index (χ1) is 20.1. The highest BCUT2D eigenvalue weighted by molar-refractivity contribution is 6.18. The molecule has 0 spiro atoms. The van der Waals surface area contributed by atoms with Crippen molar-refractivity contribution >= 4 is 30.0 Å². The smallest absolute Gasteiger partial charge is 0.353 e. The molecule has 43 heavy (non-hydrogen) atoms. The number of rotatable bonds is 15. The lowest BCUT2D eigenvalue weighted by atomic mass is 9.85. The van der Waals surface area contributed by atoms with Gasteiger partial charge in [-0.05, 0) is 54.8 Å². The minimum atomic E-state index is -2.19. The minimum Gasteiger partial charge on any atom is -0.493 e. The summed E-state index contributed by atoms with van der Waals surface area (Å²) in [7, 11) is 4.43. The number of alkyl halides is 1. The molecule has 0 bridgehead atoms. The van der Waals surface area contributed by atoms with E-state index in [0.29, 0.717) is 46.6 Å². The van der Waals surface area contributed by atoms with Crippen LogP contribution in [0.2, 0.25) is 0 Å². The van der Waals surface area contributed by atoms with E-state index in [9.17, 15) is 9.90 Å². The third kappa shape index (κ3) is 8.26. The highest BCUT2D eigenvalue weighted by atomic mass is 35.5. The Morgan fingerprint density at radius 1 is 0.907 bits per heavy atom. The van der Waals surface area contributed by atoms with Crippen LogP contribution in [0.5, 0.6) is 28.7 Å². The van der Waals surface area contributed by atoms with Crippen LogP contribution in [-0.4, -0.2) is 69.4 Å². The van der Waals surface area contributed by atoms with Crippen LogP contribution in [0.1, 0.15) is 48.9 Å². The van der Waals surface area contributed by atoms with Gasteiger partial charge < -0.3 is 28.8 Å². The number of hydrogen-bond acceptors (Lipinski definition) is 8. The summed E-state index contributed by atoms with van der Waals surface area (Å²) in [6.45, 7) is 10.9. The van der Waals surface area contributed by atoms with E-state index in [2.05, 4.69) is 11.8 Å². The summed E-state index contributed by atoms with van der Waals surface area (Å²) in [5.41, 5.74) is -0.0913. The summed E-state index contributed by atoms with van der Waals surface area (Å²) < 4.78 is 28.6. The Bertz CT molecular complexity index is 1310. The monoisotopic (exact) mass is 635 g/mol. The molecule has 8 nitrogen and oxygen atoms in total. The fourth-order valence-corrected chi connectivity index (χ4v) is 4.98. The van der Waals surface area contributed by atoms with Crippen molar-refractivity contribution < 1.29 is 33.6 Å². The number of aliphatic hydroxyl groups is 1. The van der Waals surface area contributed by atoms with Crippen molar-refractivity contribution in [2.24, 2.45) is 0 Å². The Labute approximate surface area is 266 Å². The summed E-state index contributed by atoms with van der Waals surface area (Å²) in [6, 6.07) is 15.4. The molecular weight excluding hydrogens is 593 g/mol. The number of carbonyl (C=O) groups is 1. The molecular formula is C33H43Cl2NO7. The Morgan fingerprint density at radius 2 is 1.53 bits per heavy atom. The van der Waals surface area contributed by atoms with Gasteiger partial charge in [0.25, 0.3) is 0 Å². The Kier molecular flexibility index (Phi) is 13.9. The molecule has 0 aliphatic carbocycles. The lowest BCUT2D eigenvalue weighted by Gasteiger charge is -2.29. The van der Waals surface area contributed by atoms with Crippen LogP contribution in [0, 0.1) is 6.92 Å². The highest BCUT2D eigenvalue weighted by Crippen LogP contribution is 2.43. The first-order valence-corrected chi connectivity index (χ1v) is 14.5. The van der Waals surface area contributed by atoms with Crippen molar-refractivity contribution in [2.75, 3.05) is 53.5 Å². The normalized spacial score (nSPS) is 12.3. The first-order valence-electron chi connectivity index (χ1n) is 14.0. The Balaban J connectivity index is 0.00000645. The van der Waals surface area contributed by atoms with Gasteiger partial charge in [-0.3, -0.25) is 4.90 Å². The van der Waals surface area contributed by atoms with Crippen molar-refractivity contribution in [3.8, 4) is 28.7 Å². The lowest BCUT2D eigenvalue weighted by Crippen LogP contribution is -2.40. The maximum Gasteiger partial charge on any atom is 0.353 e. The molecule has 0 amide bonds. The summed E-state index contributed by atoms with van der Waals surface area (Å²) in [4.78, 5) is 16.2. The van der Waals surface area contributed by atoms with Gasteiger partial charge in [0.15, 0.2) is 11.5 Å². The van der Waals surface area contributed by atoms with Gasteiger partial charge in [0.2, 0.25) is 11.4 Å². The van der Waals surface area contributed by atoms with Gasteiger partial charge in [-0.1, -0.05) is 51.1 Å². The van der Waals surface area contributed by atoms with Gasteiger partial charge in [-0.15, -0.1) is 24.0 Å². The van der Waals surface area contributed by atoms with E-state index in [4.69, 9.17) is 35.3 Å². The number of nitrogens with zero attached hydrogens (tertiary/aromatic N) is 1. The molecule has 0 saturated carbocycles. The molecule has 0 aliphatic heterocycles. The lowest BCUT2D eigenvalue weighted by molar-refractivity contribution is -0.152. The molecule has 0 fully saturated rings. The fourth-order valence-electron chi connectivity index (χ4n) is 4.74. The van der Waals surface area contributed by atoms with Crippen molar-refractivity contribution in [3.63, 3.8) is 0 Å². The average molecular weight is 637 g/mol. The van der Waals surface area contributed by atoms with Crippen LogP contribution in [0.25, 0.3) is 0 Å². The second-order valence-electron chi connectivity index (χ2n) is 10.2. The van der Waals surface area contributed by atoms with E-state index in [1.54, 1.807) is 42.5 Å². The minimum absolute atomic E-state index is 0. The second kappa shape index (κ2) is 16.6. The highest BCUT2D eigenvalue weighted by Gasteiger charge is 2.43. The molecule has 0 aliphatic rings. The molecule has 1 atom stereocenters. The van der Waals surface area contributed by atoms with Gasteiger partial charge in [-0.25, -0.2) is 4.79 Å². The number of methoxy groups -OCH3 is 3. The van der Waals surface area contributed by atoms with Crippen LogP contribution in [0.3, 0.4) is 0 Å². The third-order valence-corrected chi connectivity index (χ3v) is 7.38. The quantitative estimate of drug-likeness (QED) is 0.117. The number of carbonyl (C=O) groups excluding carboxylic acids is 1. The third-order valence-electron chi connectivity index (χ3n) is 7.21. The van der Waals surface area contributed by atoms with E-state index >= 15 is 0 Å². The number of halogens is 2. The largest absolute Gasteiger partial charge is 0.493 e. The van der Waals surface area contributed by atoms with Crippen LogP contribution in [0.15, 0.2) is 54.6 Å². The molecule has 236 valence electrons. The fraction of sp³-hybridized carbons (Fsp3) is 0.424. The van der Waals surface area contributed by atoms with Crippen LogP contribution >= 0.6 is 24.0 Å². The zero-order chi connectivity index (χ0) is 30.9. The molecule has 0 saturated heterocycles. The Morgan fingerprint density at radius 3 is 2.05 bits per heavy atom. The van der Waals surface area contributed by atoms with Gasteiger partial charge >= 0.3 is 5.97 Å². The number of benzene rings is 3. The molecule has 10 heteroatoms. The molecule has 3 rings (SSSR count). The van der Waals surface area contributed by atoms with E-state index in [1.807, 2.05) is 32.9 Å². The average Bonchev–Trinajstić information content (AvgIpc) is 3.00. The second-order valence-corrected chi connectivity index (χ2v) is 10.5. The molecule has 3 aromatic rings. The van der Waals surface area contributed by atoms with Crippen molar-refractivity contribution in [1.29, 1.82) is 0 Å². The van der Waals surface area contributed by atoms with Gasteiger partial charge in [-0.2, -0.15) is 0 Å². The summed E-state index contributed by atoms with van der Waals surface area (Å²) in [5.74, 6) is 1.76. The van der Waals surface area contributed by atoms with Crippen LogP contribution in [-0.2, 0) is 10.4 Å². The maximum atomic E-state index is 14.0. The molecule has 3 aromatic carbocycles. The maximum absolute atomic E-state index is 14.0. The number of hydrogen-bond donors (Lipinski definition) is 1. The molecule has 0 aromatic heterocycles. The van der Waals surface area contributed by atoms with Crippen molar-refractivity contribution in [3.05, 3.63) is 76.9 Å². The topological polar surface area (TPSA) is 86.7 Å².